The Hall–Kier alpha value is -4.27. The van der Waals surface area contributed by atoms with Crippen molar-refractivity contribution in [2.24, 2.45) is 5.73 Å². The molecule has 0 saturated heterocycles. The standard InChI is InChI=1S/C39H60ClN12O2/c1-27(2)51(38-47-36(44-20-12-8-6-10-18-41)46-37(48-38)45-21-13-9-7-11-19-42)23-22-43-34(53)17-14-28-24-30(39(3,4)5)35(54)33(25-28)52-49-31-16-15-29(40)26-32(31)50-52/h15-16,24-27,41,54H,6-14,17-23,42H2,1-5H3,(H,43,53)(H2,44,45,46,47,48). The third-order valence-corrected chi connectivity index (χ3v) is 9.37. The number of hydrogen-bond donors (Lipinski definition) is 5. The van der Waals surface area contributed by atoms with E-state index in [2.05, 4.69) is 49.9 Å². The number of carbonyl (C=O) groups excluding carboxylic acids is 1. The van der Waals surface area contributed by atoms with Gasteiger partial charge in [0.1, 0.15) is 22.5 Å². The molecule has 0 aliphatic heterocycles. The van der Waals surface area contributed by atoms with Crippen LogP contribution < -0.4 is 32.3 Å². The Bertz CT molecular complexity index is 1740. The molecule has 0 unspecified atom stereocenters. The number of halogens is 1. The molecule has 14 nitrogen and oxygen atoms in total. The van der Waals surface area contributed by atoms with Crippen molar-refractivity contribution in [2.75, 3.05) is 54.8 Å². The average molecular weight is 764 g/mol. The number of phenols is 1. The lowest BCUT2D eigenvalue weighted by atomic mass is 9.84. The van der Waals surface area contributed by atoms with Crippen LogP contribution in [0.2, 0.25) is 5.02 Å². The largest absolute Gasteiger partial charge is 0.505 e. The number of aromatic nitrogens is 6. The van der Waals surface area contributed by atoms with Gasteiger partial charge in [0.15, 0.2) is 0 Å². The number of phenolic OH excluding ortho intramolecular Hbond substituents is 1. The molecule has 2 aromatic carbocycles. The highest BCUT2D eigenvalue weighted by Gasteiger charge is 2.24. The van der Waals surface area contributed by atoms with Crippen LogP contribution in [0.1, 0.15) is 104 Å². The lowest BCUT2D eigenvalue weighted by Gasteiger charge is -2.27. The number of aryl methyl sites for hydroxylation is 1. The van der Waals surface area contributed by atoms with Gasteiger partial charge in [-0.3, -0.25) is 10.5 Å². The molecule has 15 heteroatoms. The maximum absolute atomic E-state index is 13.2. The van der Waals surface area contributed by atoms with Gasteiger partial charge in [-0.25, -0.2) is 0 Å². The summed E-state index contributed by atoms with van der Waals surface area (Å²) in [5.74, 6) is 1.61. The Balaban J connectivity index is 1.41. The van der Waals surface area contributed by atoms with E-state index in [1.165, 1.54) is 4.80 Å². The van der Waals surface area contributed by atoms with E-state index in [9.17, 15) is 9.90 Å². The Labute approximate surface area is 325 Å². The fourth-order valence-corrected chi connectivity index (χ4v) is 6.24. The van der Waals surface area contributed by atoms with E-state index in [1.807, 2.05) is 32.9 Å². The summed E-state index contributed by atoms with van der Waals surface area (Å²) in [4.78, 5) is 30.9. The summed E-state index contributed by atoms with van der Waals surface area (Å²) in [5, 5.41) is 30.9. The number of anilines is 3. The van der Waals surface area contributed by atoms with Gasteiger partial charge in [-0.1, -0.05) is 64.1 Å². The summed E-state index contributed by atoms with van der Waals surface area (Å²) in [7, 11) is 0. The first-order valence-electron chi connectivity index (χ1n) is 19.4. The maximum Gasteiger partial charge on any atom is 0.232 e. The van der Waals surface area contributed by atoms with Crippen LogP contribution in [0.3, 0.4) is 0 Å². The number of benzene rings is 2. The molecule has 0 fully saturated rings. The van der Waals surface area contributed by atoms with Crippen LogP contribution in [0.25, 0.3) is 16.7 Å². The van der Waals surface area contributed by atoms with Crippen LogP contribution in [-0.2, 0) is 16.6 Å². The van der Waals surface area contributed by atoms with Crippen molar-refractivity contribution in [1.82, 2.24) is 41.0 Å². The third kappa shape index (κ3) is 12.9. The normalized spacial score (nSPS) is 11.7. The number of carbonyl (C=O) groups is 1. The van der Waals surface area contributed by atoms with E-state index in [1.54, 1.807) is 18.2 Å². The Morgan fingerprint density at radius 3 is 2.19 bits per heavy atom. The van der Waals surface area contributed by atoms with Gasteiger partial charge in [0.25, 0.3) is 0 Å². The average Bonchev–Trinajstić information content (AvgIpc) is 3.55. The monoisotopic (exact) mass is 763 g/mol. The minimum atomic E-state index is -0.361. The van der Waals surface area contributed by atoms with Crippen LogP contribution in [-0.4, -0.2) is 86.3 Å². The van der Waals surface area contributed by atoms with Crippen molar-refractivity contribution in [1.29, 1.82) is 0 Å². The van der Waals surface area contributed by atoms with E-state index in [4.69, 9.17) is 33.0 Å². The van der Waals surface area contributed by atoms with Crippen LogP contribution in [0, 0.1) is 0 Å². The summed E-state index contributed by atoms with van der Waals surface area (Å²) < 4.78 is 0. The lowest BCUT2D eigenvalue weighted by Crippen LogP contribution is -2.40. The zero-order chi connectivity index (χ0) is 39.1. The van der Waals surface area contributed by atoms with E-state index in [0.29, 0.717) is 72.2 Å². The van der Waals surface area contributed by atoms with Crippen molar-refractivity contribution in [3.05, 3.63) is 46.5 Å². The number of aromatic hydroxyl groups is 1. The summed E-state index contributed by atoms with van der Waals surface area (Å²) in [6.07, 6.45) is 8.93. The fraction of sp³-hybridized carbons (Fsp3) is 0.590. The summed E-state index contributed by atoms with van der Waals surface area (Å²) in [5.41, 5.74) is 16.0. The minimum Gasteiger partial charge on any atom is -0.505 e. The predicted octanol–water partition coefficient (Wildman–Crippen LogP) is 6.41. The van der Waals surface area contributed by atoms with E-state index >= 15 is 0 Å². The number of unbranched alkanes of at least 4 members (excludes halogenated alkanes) is 6. The molecule has 0 aliphatic carbocycles. The van der Waals surface area contributed by atoms with Crippen molar-refractivity contribution in [3.8, 4) is 11.4 Å². The Morgan fingerprint density at radius 2 is 1.56 bits per heavy atom. The van der Waals surface area contributed by atoms with Gasteiger partial charge >= 0.3 is 0 Å². The number of fused-ring (bicyclic) bond motifs is 1. The fourth-order valence-electron chi connectivity index (χ4n) is 6.07. The zero-order valence-corrected chi connectivity index (χ0v) is 33.5. The summed E-state index contributed by atoms with van der Waals surface area (Å²) in [6.45, 7) is 13.9. The van der Waals surface area contributed by atoms with Crippen LogP contribution in [0.15, 0.2) is 30.3 Å². The Morgan fingerprint density at radius 1 is 0.907 bits per heavy atom. The molecule has 295 valence electrons. The molecule has 54 heavy (non-hydrogen) atoms. The molecule has 1 radical (unpaired) electrons. The molecule has 1 amide bonds. The predicted molar refractivity (Wildman–Crippen MR) is 219 cm³/mol. The van der Waals surface area contributed by atoms with Gasteiger partial charge < -0.3 is 31.7 Å². The number of nitrogens with zero attached hydrogens (tertiary/aromatic N) is 7. The van der Waals surface area contributed by atoms with Gasteiger partial charge in [0, 0.05) is 55.8 Å². The van der Waals surface area contributed by atoms with Crippen LogP contribution in [0.5, 0.6) is 5.75 Å². The number of nitrogens with one attached hydrogen (secondary N) is 4. The molecular weight excluding hydrogens is 704 g/mol. The lowest BCUT2D eigenvalue weighted by molar-refractivity contribution is -0.121. The highest BCUT2D eigenvalue weighted by molar-refractivity contribution is 6.31. The van der Waals surface area contributed by atoms with Crippen LogP contribution >= 0.6 is 11.6 Å². The molecule has 0 saturated carbocycles. The number of nitrogens with two attached hydrogens (primary N) is 1. The second-order valence-corrected chi connectivity index (χ2v) is 15.5. The number of hydrogen-bond acceptors (Lipinski definition) is 11. The first kappa shape index (κ1) is 42.5. The smallest absolute Gasteiger partial charge is 0.232 e. The van der Waals surface area contributed by atoms with Gasteiger partial charge in [-0.2, -0.15) is 15.0 Å². The first-order valence-corrected chi connectivity index (χ1v) is 19.8. The molecule has 0 aliphatic rings. The molecule has 4 rings (SSSR count). The summed E-state index contributed by atoms with van der Waals surface area (Å²) >= 11 is 6.18. The number of amides is 1. The second kappa shape index (κ2) is 21.0. The van der Waals surface area contributed by atoms with Crippen molar-refractivity contribution in [3.63, 3.8) is 0 Å². The molecule has 7 N–H and O–H groups in total. The van der Waals surface area contributed by atoms with Gasteiger partial charge in [0.2, 0.25) is 23.8 Å². The molecule has 2 heterocycles. The topological polar surface area (TPSA) is 196 Å². The van der Waals surface area contributed by atoms with Crippen LogP contribution in [0.4, 0.5) is 17.8 Å². The highest BCUT2D eigenvalue weighted by atomic mass is 35.5. The molecule has 0 bridgehead atoms. The SMILES string of the molecule is CC(C)N(CCNC(=O)CCc1cc(-n2nc3ccc(Cl)cc3n2)c(O)c(C(C)(C)C)c1)c1nc(NCCCCCC[NH])nc(NCCCCCCN)n1. The van der Waals surface area contributed by atoms with Gasteiger partial charge in [-0.15, -0.1) is 15.0 Å². The molecule has 2 aromatic heterocycles. The molecule has 0 spiro atoms. The Kier molecular flexibility index (Phi) is 16.5. The molecular formula is C39H60ClN12O2. The van der Waals surface area contributed by atoms with E-state index in [0.717, 1.165) is 75.6 Å². The van der Waals surface area contributed by atoms with E-state index < -0.39 is 0 Å². The molecule has 4 aromatic rings. The minimum absolute atomic E-state index is 0.0703. The quantitative estimate of drug-likeness (QED) is 0.0524. The molecule has 0 atom stereocenters. The van der Waals surface area contributed by atoms with Gasteiger partial charge in [0.05, 0.1) is 0 Å². The van der Waals surface area contributed by atoms with Gasteiger partial charge in [-0.05, 0) is 87.7 Å². The zero-order valence-electron chi connectivity index (χ0n) is 32.7. The summed E-state index contributed by atoms with van der Waals surface area (Å²) in [6, 6.07) is 9.16. The third-order valence-electron chi connectivity index (χ3n) is 9.14. The highest BCUT2D eigenvalue weighted by Crippen LogP contribution is 2.36. The van der Waals surface area contributed by atoms with E-state index in [-0.39, 0.29) is 29.5 Å². The van der Waals surface area contributed by atoms with Crippen molar-refractivity contribution < 1.29 is 9.90 Å². The van der Waals surface area contributed by atoms with Crippen molar-refractivity contribution in [2.45, 2.75) is 110 Å². The first-order chi connectivity index (χ1) is 25.9. The number of rotatable bonds is 23. The van der Waals surface area contributed by atoms with Crippen molar-refractivity contribution >= 4 is 46.4 Å². The second-order valence-electron chi connectivity index (χ2n) is 15.0. The maximum atomic E-state index is 13.2.